The van der Waals surface area contributed by atoms with E-state index in [1.807, 2.05) is 0 Å². The van der Waals surface area contributed by atoms with Gasteiger partial charge in [0.25, 0.3) is 5.92 Å². The Morgan fingerprint density at radius 3 is 1.43 bits per heavy atom. The lowest BCUT2D eigenvalue weighted by molar-refractivity contribution is 0.0514. The average Bonchev–Trinajstić information content (AvgIpc) is 1.63. The second kappa shape index (κ2) is 0.812. The van der Waals surface area contributed by atoms with E-state index < -0.39 is 18.0 Å². The van der Waals surface area contributed by atoms with Crippen molar-refractivity contribution in [3.05, 3.63) is 0 Å². The van der Waals surface area contributed by atoms with Gasteiger partial charge in [0.2, 0.25) is 0 Å². The number of alkyl halides is 3. The van der Waals surface area contributed by atoms with E-state index in [0.717, 1.165) is 6.92 Å². The number of rotatable bonds is 0. The van der Waals surface area contributed by atoms with Gasteiger partial charge in [-0.05, 0) is 6.92 Å². The largest absolute Gasteiger partial charge is 0.284 e. The highest BCUT2D eigenvalue weighted by Crippen LogP contribution is 2.55. The van der Waals surface area contributed by atoms with Gasteiger partial charge in [0.05, 0.1) is 6.42 Å². The zero-order valence-electron chi connectivity index (χ0n) is 3.84. The van der Waals surface area contributed by atoms with Crippen molar-refractivity contribution < 1.29 is 13.2 Å². The molecule has 0 spiro atoms. The molecule has 1 unspecified atom stereocenters. The highest BCUT2D eigenvalue weighted by Gasteiger charge is 2.69. The second-order valence-corrected chi connectivity index (χ2v) is 2.08. The zero-order chi connectivity index (χ0) is 5.71. The van der Waals surface area contributed by atoms with Gasteiger partial charge in [-0.15, -0.1) is 0 Å². The van der Waals surface area contributed by atoms with E-state index in [4.69, 9.17) is 0 Å². The molecule has 0 radical (unpaired) electrons. The third-order valence-electron chi connectivity index (χ3n) is 1.19. The van der Waals surface area contributed by atoms with Gasteiger partial charge >= 0.3 is 0 Å². The maximum Gasteiger partial charge on any atom is 0.284 e. The summed E-state index contributed by atoms with van der Waals surface area (Å²) in [5, 5.41) is 0. The van der Waals surface area contributed by atoms with Crippen molar-refractivity contribution in [2.45, 2.75) is 24.9 Å². The molecule has 1 fully saturated rings. The molecule has 0 aliphatic heterocycles. The van der Waals surface area contributed by atoms with Crippen LogP contribution in [0.4, 0.5) is 13.2 Å². The molecule has 0 aromatic rings. The molecule has 0 bridgehead atoms. The van der Waals surface area contributed by atoms with Crippen LogP contribution in [0, 0.1) is 0 Å². The second-order valence-electron chi connectivity index (χ2n) is 2.08. The van der Waals surface area contributed by atoms with Crippen molar-refractivity contribution in [3.63, 3.8) is 0 Å². The molecule has 1 rings (SSSR count). The molecular formula is C4H5F3. The predicted octanol–water partition coefficient (Wildman–Crippen LogP) is 1.75. The van der Waals surface area contributed by atoms with Crippen LogP contribution in [0.5, 0.6) is 0 Å². The summed E-state index contributed by atoms with van der Waals surface area (Å²) in [5.41, 5.74) is -2.19. The van der Waals surface area contributed by atoms with Crippen LogP contribution in [0.15, 0.2) is 0 Å². The summed E-state index contributed by atoms with van der Waals surface area (Å²) in [6.45, 7) is 0.910. The summed E-state index contributed by atoms with van der Waals surface area (Å²) in [6, 6.07) is 0. The van der Waals surface area contributed by atoms with Gasteiger partial charge in [-0.25, -0.2) is 13.2 Å². The molecule has 0 aromatic carbocycles. The zero-order valence-corrected chi connectivity index (χ0v) is 3.84. The van der Waals surface area contributed by atoms with Gasteiger partial charge in [-0.3, -0.25) is 0 Å². The third kappa shape index (κ3) is 0.508. The van der Waals surface area contributed by atoms with Crippen molar-refractivity contribution in [2.75, 3.05) is 0 Å². The highest BCUT2D eigenvalue weighted by atomic mass is 19.3. The lowest BCUT2D eigenvalue weighted by Crippen LogP contribution is -2.04. The fourth-order valence-corrected chi connectivity index (χ4v) is 0.373. The maximum atomic E-state index is 11.8. The molecule has 0 amide bonds. The SMILES string of the molecule is CC1(F)CC1(F)F. The first kappa shape index (κ1) is 4.94. The predicted molar refractivity (Wildman–Crippen MR) is 19.1 cm³/mol. The Bertz CT molecular complexity index is 83.1. The summed E-state index contributed by atoms with van der Waals surface area (Å²) in [4.78, 5) is 0. The Balaban J connectivity index is 2.59. The smallest absolute Gasteiger partial charge is 0.237 e. The minimum atomic E-state index is -3.02. The van der Waals surface area contributed by atoms with E-state index >= 15 is 0 Å². The fraction of sp³-hybridized carbons (Fsp3) is 1.00. The van der Waals surface area contributed by atoms with Crippen LogP contribution in [0.1, 0.15) is 13.3 Å². The van der Waals surface area contributed by atoms with E-state index in [1.165, 1.54) is 0 Å². The first-order chi connectivity index (χ1) is 2.96. The molecule has 0 saturated heterocycles. The van der Waals surface area contributed by atoms with Gasteiger partial charge in [0.15, 0.2) is 5.67 Å². The van der Waals surface area contributed by atoms with E-state index in [2.05, 4.69) is 0 Å². The molecule has 1 aliphatic rings. The van der Waals surface area contributed by atoms with Gasteiger partial charge in [0, 0.05) is 0 Å². The van der Waals surface area contributed by atoms with Crippen molar-refractivity contribution >= 4 is 0 Å². The van der Waals surface area contributed by atoms with Crippen molar-refractivity contribution in [1.82, 2.24) is 0 Å². The van der Waals surface area contributed by atoms with E-state index in [0.29, 0.717) is 0 Å². The Kier molecular flexibility index (Phi) is 0.573. The minimum Gasteiger partial charge on any atom is -0.237 e. The minimum absolute atomic E-state index is 0.597. The molecule has 1 aliphatic carbocycles. The normalized spacial score (nSPS) is 46.3. The van der Waals surface area contributed by atoms with Crippen LogP contribution in [0.3, 0.4) is 0 Å². The lowest BCUT2D eigenvalue weighted by atomic mass is 10.4. The molecule has 0 N–H and O–H groups in total. The molecular weight excluding hydrogens is 105 g/mol. The van der Waals surface area contributed by atoms with Gasteiger partial charge < -0.3 is 0 Å². The summed E-state index contributed by atoms with van der Waals surface area (Å²) >= 11 is 0. The standard InChI is InChI=1S/C4H5F3/c1-3(5)2-4(3,6)7/h2H2,1H3. The summed E-state index contributed by atoms with van der Waals surface area (Å²) in [6.07, 6.45) is -0.597. The van der Waals surface area contributed by atoms with Crippen LogP contribution in [0.2, 0.25) is 0 Å². The lowest BCUT2D eigenvalue weighted by Gasteiger charge is -1.92. The molecule has 3 heteroatoms. The van der Waals surface area contributed by atoms with Gasteiger partial charge in [-0.2, -0.15) is 0 Å². The Hall–Kier alpha value is -0.210. The first-order valence-electron chi connectivity index (χ1n) is 2.02. The summed E-state index contributed by atoms with van der Waals surface area (Å²) in [5.74, 6) is -3.02. The van der Waals surface area contributed by atoms with E-state index in [-0.39, 0.29) is 0 Å². The number of hydrogen-bond donors (Lipinski definition) is 0. The number of halogens is 3. The van der Waals surface area contributed by atoms with Gasteiger partial charge in [-0.1, -0.05) is 0 Å². The fourth-order valence-electron chi connectivity index (χ4n) is 0.373. The topological polar surface area (TPSA) is 0 Å². The van der Waals surface area contributed by atoms with Crippen molar-refractivity contribution in [1.29, 1.82) is 0 Å². The summed E-state index contributed by atoms with van der Waals surface area (Å²) in [7, 11) is 0. The average molecular weight is 110 g/mol. The molecule has 0 heterocycles. The molecule has 0 nitrogen and oxygen atoms in total. The Morgan fingerprint density at radius 1 is 1.29 bits per heavy atom. The molecule has 0 aromatic heterocycles. The molecule has 1 saturated carbocycles. The Morgan fingerprint density at radius 2 is 1.43 bits per heavy atom. The molecule has 42 valence electrons. The van der Waals surface area contributed by atoms with E-state index in [9.17, 15) is 13.2 Å². The van der Waals surface area contributed by atoms with Crippen molar-refractivity contribution in [2.24, 2.45) is 0 Å². The van der Waals surface area contributed by atoms with Crippen LogP contribution in [-0.4, -0.2) is 11.6 Å². The van der Waals surface area contributed by atoms with Crippen molar-refractivity contribution in [3.8, 4) is 0 Å². The van der Waals surface area contributed by atoms with Crippen LogP contribution >= 0.6 is 0 Å². The third-order valence-corrected chi connectivity index (χ3v) is 1.19. The quantitative estimate of drug-likeness (QED) is 0.445. The van der Waals surface area contributed by atoms with E-state index in [1.54, 1.807) is 0 Å². The van der Waals surface area contributed by atoms with Crippen LogP contribution < -0.4 is 0 Å². The maximum absolute atomic E-state index is 11.8. The summed E-state index contributed by atoms with van der Waals surface area (Å²) < 4.78 is 34.9. The Labute approximate surface area is 39.3 Å². The highest BCUT2D eigenvalue weighted by molar-refractivity contribution is 5.08. The first-order valence-corrected chi connectivity index (χ1v) is 2.02. The van der Waals surface area contributed by atoms with Crippen LogP contribution in [-0.2, 0) is 0 Å². The van der Waals surface area contributed by atoms with Crippen LogP contribution in [0.25, 0.3) is 0 Å². The monoisotopic (exact) mass is 110 g/mol. The molecule has 7 heavy (non-hydrogen) atoms. The molecule has 1 atom stereocenters. The number of hydrogen-bond acceptors (Lipinski definition) is 0. The van der Waals surface area contributed by atoms with Gasteiger partial charge in [0.1, 0.15) is 0 Å².